The maximum Gasteiger partial charge on any atom is 0.303 e. The van der Waals surface area contributed by atoms with Crippen molar-refractivity contribution in [3.8, 4) is 0 Å². The molecule has 13 heteroatoms. The van der Waals surface area contributed by atoms with Crippen molar-refractivity contribution in [3.63, 3.8) is 0 Å². The van der Waals surface area contributed by atoms with Gasteiger partial charge in [0, 0.05) is 47.9 Å². The van der Waals surface area contributed by atoms with E-state index in [9.17, 15) is 28.5 Å². The monoisotopic (exact) mass is 466 g/mol. The van der Waals surface area contributed by atoms with Crippen LogP contribution in [0.5, 0.6) is 0 Å². The third kappa shape index (κ3) is 8.29. The molecule has 6 atom stereocenters. The van der Waals surface area contributed by atoms with Crippen LogP contribution in [-0.4, -0.2) is 79.8 Å². The van der Waals surface area contributed by atoms with Crippen LogP contribution >= 0.6 is 7.37 Å². The highest BCUT2D eigenvalue weighted by molar-refractivity contribution is 7.57. The molecular weight excluding hydrogens is 439 g/mol. The molecule has 4 unspecified atom stereocenters. The number of carbonyl (C=O) groups excluding carboxylic acids is 5. The highest BCUT2D eigenvalue weighted by Gasteiger charge is 2.60. The molecule has 0 aromatic heterocycles. The molecule has 0 heterocycles. The van der Waals surface area contributed by atoms with Gasteiger partial charge in [0.15, 0.2) is 37.9 Å². The lowest BCUT2D eigenvalue weighted by molar-refractivity contribution is -0.251. The van der Waals surface area contributed by atoms with Gasteiger partial charge in [-0.25, -0.2) is 0 Å². The molecule has 0 aromatic rings. The Labute approximate surface area is 179 Å². The second kappa shape index (κ2) is 10.7. The van der Waals surface area contributed by atoms with E-state index in [1.165, 1.54) is 13.3 Å². The Kier molecular flexibility index (Phi) is 9.19. The normalized spacial score (nSPS) is 28.1. The maximum absolute atomic E-state index is 12.5. The molecule has 0 N–H and O–H groups in total. The number of hydrogen-bond donors (Lipinski definition) is 0. The van der Waals surface area contributed by atoms with Gasteiger partial charge in [-0.2, -0.15) is 0 Å². The van der Waals surface area contributed by atoms with Gasteiger partial charge in [-0.15, -0.1) is 0 Å². The van der Waals surface area contributed by atoms with Crippen molar-refractivity contribution in [3.05, 3.63) is 0 Å². The minimum atomic E-state index is -3.34. The van der Waals surface area contributed by atoms with E-state index in [1.54, 1.807) is 0 Å². The molecule has 1 fully saturated rings. The third-order valence-corrected chi connectivity index (χ3v) is 4.58. The van der Waals surface area contributed by atoms with E-state index < -0.39 is 73.8 Å². The zero-order chi connectivity index (χ0) is 24.1. The smallest absolute Gasteiger partial charge is 0.303 e. The van der Waals surface area contributed by atoms with Crippen LogP contribution in [0.1, 0.15) is 34.6 Å². The van der Waals surface area contributed by atoms with E-state index >= 15 is 0 Å². The average Bonchev–Trinajstić information content (AvgIpc) is 2.54. The molecule has 1 aliphatic carbocycles. The molecule has 0 spiro atoms. The summed E-state index contributed by atoms with van der Waals surface area (Å²) in [6.45, 7) is 7.76. The lowest BCUT2D eigenvalue weighted by Crippen LogP contribution is -2.68. The fourth-order valence-corrected chi connectivity index (χ4v) is 3.99. The van der Waals surface area contributed by atoms with Crippen LogP contribution in [0.25, 0.3) is 0 Å². The molecule has 1 rings (SSSR count). The first-order chi connectivity index (χ1) is 14.1. The Balaban J connectivity index is 3.73. The van der Waals surface area contributed by atoms with Gasteiger partial charge in [-0.05, 0) is 0 Å². The Hall–Kier alpha value is -2.46. The zero-order valence-corrected chi connectivity index (χ0v) is 19.2. The predicted molar refractivity (Wildman–Crippen MR) is 102 cm³/mol. The molecule has 0 aliphatic heterocycles. The highest BCUT2D eigenvalue weighted by atomic mass is 31.2. The molecule has 0 radical (unpaired) electrons. The lowest BCUT2D eigenvalue weighted by atomic mass is 9.83. The van der Waals surface area contributed by atoms with Gasteiger partial charge in [0.2, 0.25) is 0 Å². The Morgan fingerprint density at radius 3 is 0.839 bits per heavy atom. The molecule has 1 aliphatic rings. The second-order valence-electron chi connectivity index (χ2n) is 7.19. The van der Waals surface area contributed by atoms with Crippen molar-refractivity contribution in [2.75, 3.05) is 13.3 Å². The van der Waals surface area contributed by atoms with E-state index in [-0.39, 0.29) is 0 Å². The molecule has 1 saturated carbocycles. The number of rotatable bonds is 7. The quantitative estimate of drug-likeness (QED) is 0.292. The predicted octanol–water partition coefficient (Wildman–Crippen LogP) is 0.581. The highest BCUT2D eigenvalue weighted by Crippen LogP contribution is 2.45. The molecular formula is C18H27O12P. The van der Waals surface area contributed by atoms with Crippen molar-refractivity contribution in [2.24, 2.45) is 0 Å². The molecule has 12 nitrogen and oxygen atoms in total. The summed E-state index contributed by atoms with van der Waals surface area (Å²) in [7, 11) is -3.34. The summed E-state index contributed by atoms with van der Waals surface area (Å²) >= 11 is 0. The summed E-state index contributed by atoms with van der Waals surface area (Å²) in [5.41, 5.74) is 0. The summed E-state index contributed by atoms with van der Waals surface area (Å²) < 4.78 is 44.2. The summed E-state index contributed by atoms with van der Waals surface area (Å²) in [5.74, 6) is -4.22. The second-order valence-corrected chi connectivity index (χ2v) is 9.91. The van der Waals surface area contributed by atoms with Crippen LogP contribution in [0.4, 0.5) is 0 Å². The van der Waals surface area contributed by atoms with E-state index in [2.05, 4.69) is 0 Å². The van der Waals surface area contributed by atoms with Crippen LogP contribution in [0.3, 0.4) is 0 Å². The average molecular weight is 466 g/mol. The van der Waals surface area contributed by atoms with Crippen LogP contribution in [-0.2, 0) is 56.7 Å². The molecule has 0 amide bonds. The Bertz CT molecular complexity index is 728. The Morgan fingerprint density at radius 2 is 0.677 bits per heavy atom. The van der Waals surface area contributed by atoms with Crippen molar-refractivity contribution in [2.45, 2.75) is 71.2 Å². The molecule has 0 aromatic carbocycles. The maximum atomic E-state index is 12.5. The number of hydrogen-bond acceptors (Lipinski definition) is 12. The van der Waals surface area contributed by atoms with Crippen molar-refractivity contribution < 1.29 is 56.7 Å². The van der Waals surface area contributed by atoms with Gasteiger partial charge in [0.25, 0.3) is 0 Å². The fraction of sp³-hybridized carbons (Fsp3) is 0.722. The first-order valence-corrected chi connectivity index (χ1v) is 11.7. The summed E-state index contributed by atoms with van der Waals surface area (Å²) in [6.07, 6.45) is -9.12. The van der Waals surface area contributed by atoms with E-state index in [4.69, 9.17) is 28.2 Å². The molecule has 176 valence electrons. The molecule has 31 heavy (non-hydrogen) atoms. The fourth-order valence-electron chi connectivity index (χ4n) is 3.16. The minimum absolute atomic E-state index is 0.841. The lowest BCUT2D eigenvalue weighted by Gasteiger charge is -2.47. The van der Waals surface area contributed by atoms with Crippen molar-refractivity contribution in [1.82, 2.24) is 0 Å². The summed E-state index contributed by atoms with van der Waals surface area (Å²) in [5, 5.41) is 0. The van der Waals surface area contributed by atoms with E-state index in [0.29, 0.717) is 0 Å². The van der Waals surface area contributed by atoms with Gasteiger partial charge < -0.3 is 28.2 Å². The van der Waals surface area contributed by atoms with Crippen LogP contribution in [0.15, 0.2) is 0 Å². The van der Waals surface area contributed by atoms with E-state index in [1.807, 2.05) is 0 Å². The topological polar surface area (TPSA) is 158 Å². The van der Waals surface area contributed by atoms with Gasteiger partial charge in [-0.1, -0.05) is 0 Å². The van der Waals surface area contributed by atoms with Crippen LogP contribution in [0.2, 0.25) is 0 Å². The first kappa shape index (κ1) is 26.6. The summed E-state index contributed by atoms with van der Waals surface area (Å²) in [6, 6.07) is 0. The van der Waals surface area contributed by atoms with Crippen molar-refractivity contribution in [1.29, 1.82) is 0 Å². The molecule has 0 saturated heterocycles. The van der Waals surface area contributed by atoms with Gasteiger partial charge >= 0.3 is 29.8 Å². The Morgan fingerprint density at radius 1 is 0.484 bits per heavy atom. The third-order valence-electron chi connectivity index (χ3n) is 3.83. The van der Waals surface area contributed by atoms with Gasteiger partial charge in [-0.3, -0.25) is 28.5 Å². The molecule has 0 bridgehead atoms. The van der Waals surface area contributed by atoms with Crippen LogP contribution in [0, 0.1) is 0 Å². The standard InChI is InChI=1S/C18H27O12P/c1-8(19)25-13-14(26-9(2)20)16(28-11(4)22)18(30-31(6,7)24)17(29-12(5)23)15(13)27-10(3)21/h13-18H,1-7H3/t13?,14-,15?,16?,17+,18?/m1/s1. The van der Waals surface area contributed by atoms with Gasteiger partial charge in [0.05, 0.1) is 0 Å². The first-order valence-electron chi connectivity index (χ1n) is 9.22. The van der Waals surface area contributed by atoms with Crippen LogP contribution < -0.4 is 0 Å². The number of esters is 5. The van der Waals surface area contributed by atoms with Gasteiger partial charge in [0.1, 0.15) is 6.10 Å². The summed E-state index contributed by atoms with van der Waals surface area (Å²) in [4.78, 5) is 58.8. The van der Waals surface area contributed by atoms with E-state index in [0.717, 1.165) is 34.6 Å². The SMILES string of the molecule is CC(=O)OC1C(OC(C)=O)[C@H](OC(C)=O)C(OP(C)(C)=O)C(OC(C)=O)[C@@H]1OC(C)=O. The number of carbonyl (C=O) groups is 5. The minimum Gasteiger partial charge on any atom is -0.455 e. The number of ether oxygens (including phenoxy) is 5. The van der Waals surface area contributed by atoms with Crippen molar-refractivity contribution >= 4 is 37.2 Å². The largest absolute Gasteiger partial charge is 0.455 e. The zero-order valence-electron chi connectivity index (χ0n) is 18.3.